The zero-order valence-corrected chi connectivity index (χ0v) is 26.4. The number of aromatic nitrogens is 4. The van der Waals surface area contributed by atoms with E-state index < -0.39 is 52.5 Å². The first kappa shape index (κ1) is 34.0. The molecule has 2 saturated heterocycles. The summed E-state index contributed by atoms with van der Waals surface area (Å²) >= 11 is 0. The number of likely N-dealkylation sites (tertiary alicyclic amines) is 1. The van der Waals surface area contributed by atoms with Crippen LogP contribution >= 0.6 is 0 Å². The second kappa shape index (κ2) is 13.2. The highest BCUT2D eigenvalue weighted by Crippen LogP contribution is 2.40. The van der Waals surface area contributed by atoms with E-state index in [2.05, 4.69) is 25.3 Å². The third-order valence-corrected chi connectivity index (χ3v) is 9.13. The van der Waals surface area contributed by atoms with Crippen molar-refractivity contribution in [1.82, 2.24) is 30.2 Å². The molecule has 49 heavy (non-hydrogen) atoms. The van der Waals surface area contributed by atoms with E-state index in [0.29, 0.717) is 25.0 Å². The van der Waals surface area contributed by atoms with Gasteiger partial charge in [0.15, 0.2) is 0 Å². The summed E-state index contributed by atoms with van der Waals surface area (Å²) in [6, 6.07) is 9.15. The number of benzene rings is 2. The molecule has 260 valence electrons. The second-order valence-electron chi connectivity index (χ2n) is 12.1. The fourth-order valence-corrected chi connectivity index (χ4v) is 6.83. The predicted molar refractivity (Wildman–Crippen MR) is 166 cm³/mol. The number of fused-ring (bicyclic) bond motifs is 1. The minimum Gasteiger partial charge on any atom is -0.475 e. The first-order chi connectivity index (χ1) is 23.3. The lowest BCUT2D eigenvalue weighted by Gasteiger charge is -2.51. The van der Waals surface area contributed by atoms with Crippen molar-refractivity contribution in [2.75, 3.05) is 37.6 Å². The largest absolute Gasteiger partial charge is 0.475 e. The number of piperazine rings is 1. The third-order valence-electron chi connectivity index (χ3n) is 9.13. The maximum absolute atomic E-state index is 14.8. The van der Waals surface area contributed by atoms with Crippen LogP contribution in [-0.2, 0) is 17.1 Å². The summed E-state index contributed by atoms with van der Waals surface area (Å²) in [7, 11) is 0. The molecule has 16 heteroatoms. The summed E-state index contributed by atoms with van der Waals surface area (Å²) in [5.74, 6) is -1.49. The number of halogens is 6. The van der Waals surface area contributed by atoms with Gasteiger partial charge in [0.05, 0.1) is 28.4 Å². The molecular formula is C33H33F6N7O3. The van der Waals surface area contributed by atoms with Crippen molar-refractivity contribution in [1.29, 1.82) is 0 Å². The fourth-order valence-electron chi connectivity index (χ4n) is 6.83. The average molecular weight is 690 g/mol. The molecular weight excluding hydrogens is 656 g/mol. The molecule has 0 radical (unpaired) electrons. The Hall–Kier alpha value is -4.89. The number of aromatic amines is 1. The van der Waals surface area contributed by atoms with E-state index >= 15 is 0 Å². The van der Waals surface area contributed by atoms with Crippen LogP contribution in [0.25, 0.3) is 11.0 Å². The Morgan fingerprint density at radius 1 is 0.959 bits per heavy atom. The fraction of sp³-hybridized carbons (Fsp3) is 0.424. The molecule has 4 heterocycles. The van der Waals surface area contributed by atoms with E-state index in [-0.39, 0.29) is 44.6 Å². The van der Waals surface area contributed by atoms with Crippen LogP contribution in [-0.4, -0.2) is 86.4 Å². The van der Waals surface area contributed by atoms with Gasteiger partial charge in [-0.25, -0.2) is 0 Å². The smallest absolute Gasteiger partial charge is 0.417 e. The number of ether oxygens (including phenoxy) is 1. The van der Waals surface area contributed by atoms with Gasteiger partial charge < -0.3 is 19.4 Å². The van der Waals surface area contributed by atoms with E-state index in [9.17, 15) is 35.9 Å². The first-order valence-electron chi connectivity index (χ1n) is 15.9. The Bertz CT molecular complexity index is 1800. The van der Waals surface area contributed by atoms with Crippen LogP contribution in [0, 0.1) is 0 Å². The normalized spacial score (nSPS) is 20.5. The predicted octanol–water partition coefficient (Wildman–Crippen LogP) is 5.96. The number of amides is 2. The van der Waals surface area contributed by atoms with Gasteiger partial charge in [-0.15, -0.1) is 5.10 Å². The molecule has 10 nitrogen and oxygen atoms in total. The maximum atomic E-state index is 14.8. The zero-order valence-electron chi connectivity index (χ0n) is 26.4. The van der Waals surface area contributed by atoms with Crippen molar-refractivity contribution in [2.24, 2.45) is 0 Å². The van der Waals surface area contributed by atoms with E-state index in [1.807, 2.05) is 18.2 Å². The molecule has 2 atom stereocenters. The molecule has 2 amide bonds. The van der Waals surface area contributed by atoms with Gasteiger partial charge in [0.25, 0.3) is 11.8 Å². The number of nitrogens with zero attached hydrogens (tertiary/aromatic N) is 6. The van der Waals surface area contributed by atoms with Crippen molar-refractivity contribution in [3.05, 3.63) is 77.6 Å². The molecule has 0 saturated carbocycles. The lowest BCUT2D eigenvalue weighted by Crippen LogP contribution is -2.69. The Morgan fingerprint density at radius 2 is 1.69 bits per heavy atom. The van der Waals surface area contributed by atoms with Gasteiger partial charge in [-0.2, -0.15) is 26.3 Å². The van der Waals surface area contributed by atoms with Crippen LogP contribution in [0.15, 0.2) is 60.9 Å². The standard InChI is InChI=1S/C33H33F6N7O3/c1-2-5-27-31(49-22-10-8-21(9-11-22)32(34,35)36,13-4-15-46(27)29(47)23-20-40-14-12-24(23)33(37,38)39)30(48)45-18-16-44(17-19-45)26-7-3-6-25-28(26)42-43-41-25/h3,6-12,14,20,27H,2,4-5,13,15-19H2,1H3,(H,41,42,43)/t27-,31+/m1/s1. The summed E-state index contributed by atoms with van der Waals surface area (Å²) in [4.78, 5) is 37.4. The van der Waals surface area contributed by atoms with Crippen molar-refractivity contribution in [3.63, 3.8) is 0 Å². The number of rotatable bonds is 7. The molecule has 0 spiro atoms. The number of hydrogen-bond acceptors (Lipinski definition) is 7. The van der Waals surface area contributed by atoms with Crippen LogP contribution in [0.4, 0.5) is 32.0 Å². The first-order valence-corrected chi connectivity index (χ1v) is 15.9. The average Bonchev–Trinajstić information content (AvgIpc) is 3.57. The summed E-state index contributed by atoms with van der Waals surface area (Å²) < 4.78 is 88.6. The molecule has 2 aliphatic rings. The summed E-state index contributed by atoms with van der Waals surface area (Å²) in [6.45, 7) is 3.14. The molecule has 2 aromatic carbocycles. The molecule has 0 unspecified atom stereocenters. The molecule has 1 N–H and O–H groups in total. The molecule has 2 fully saturated rings. The van der Waals surface area contributed by atoms with Crippen LogP contribution in [0.2, 0.25) is 0 Å². The topological polar surface area (TPSA) is 108 Å². The lowest BCUT2D eigenvalue weighted by molar-refractivity contribution is -0.159. The molecule has 2 aliphatic heterocycles. The Morgan fingerprint density at radius 3 is 2.37 bits per heavy atom. The van der Waals surface area contributed by atoms with Crippen LogP contribution in [0.1, 0.15) is 54.1 Å². The van der Waals surface area contributed by atoms with Crippen LogP contribution in [0.5, 0.6) is 5.75 Å². The van der Waals surface area contributed by atoms with Gasteiger partial charge in [0, 0.05) is 51.5 Å². The zero-order chi connectivity index (χ0) is 35.0. The highest BCUT2D eigenvalue weighted by atomic mass is 19.4. The number of carbonyl (C=O) groups excluding carboxylic acids is 2. The number of carbonyl (C=O) groups is 2. The number of pyridine rings is 1. The maximum Gasteiger partial charge on any atom is 0.417 e. The van der Waals surface area contributed by atoms with E-state index in [1.54, 1.807) is 11.8 Å². The Labute approximate surface area is 277 Å². The van der Waals surface area contributed by atoms with Crippen LogP contribution < -0.4 is 9.64 Å². The summed E-state index contributed by atoms with van der Waals surface area (Å²) in [5.41, 5.74) is -2.28. The minimum atomic E-state index is -4.84. The highest BCUT2D eigenvalue weighted by molar-refractivity contribution is 5.97. The third kappa shape index (κ3) is 6.59. The summed E-state index contributed by atoms with van der Waals surface area (Å²) in [5, 5.41) is 10.8. The van der Waals surface area contributed by atoms with Gasteiger partial charge in [0.1, 0.15) is 16.8 Å². The second-order valence-corrected chi connectivity index (χ2v) is 12.1. The number of nitrogens with one attached hydrogen (secondary N) is 1. The monoisotopic (exact) mass is 689 g/mol. The number of piperidine rings is 1. The Balaban J connectivity index is 1.36. The number of H-pyrrole nitrogens is 1. The molecule has 4 aromatic rings. The number of para-hydroxylation sites is 1. The van der Waals surface area contributed by atoms with Gasteiger partial charge in [-0.05, 0) is 55.3 Å². The minimum absolute atomic E-state index is 0.0360. The van der Waals surface area contributed by atoms with E-state index in [4.69, 9.17) is 4.74 Å². The van der Waals surface area contributed by atoms with Crippen molar-refractivity contribution in [2.45, 2.75) is 56.6 Å². The molecule has 0 bridgehead atoms. The van der Waals surface area contributed by atoms with Crippen molar-refractivity contribution >= 4 is 28.5 Å². The van der Waals surface area contributed by atoms with Crippen molar-refractivity contribution in [3.8, 4) is 5.75 Å². The molecule has 6 rings (SSSR count). The summed E-state index contributed by atoms with van der Waals surface area (Å²) in [6.07, 6.45) is -6.77. The quantitative estimate of drug-likeness (QED) is 0.239. The highest BCUT2D eigenvalue weighted by Gasteiger charge is 2.56. The molecule has 0 aliphatic carbocycles. The van der Waals surface area contributed by atoms with E-state index in [1.165, 1.54) is 4.90 Å². The number of anilines is 1. The van der Waals surface area contributed by atoms with E-state index in [0.717, 1.165) is 53.9 Å². The van der Waals surface area contributed by atoms with Gasteiger partial charge in [-0.3, -0.25) is 19.7 Å². The number of alkyl halides is 6. The van der Waals surface area contributed by atoms with Crippen molar-refractivity contribution < 1.29 is 40.7 Å². The number of hydrogen-bond donors (Lipinski definition) is 1. The Kier molecular flexibility index (Phi) is 9.15. The molecule has 2 aromatic heterocycles. The lowest BCUT2D eigenvalue weighted by atomic mass is 9.79. The van der Waals surface area contributed by atoms with Gasteiger partial charge in [-0.1, -0.05) is 24.6 Å². The SMILES string of the molecule is CCC[C@H]1N(C(=O)c2cnccc2C(F)(F)F)CCC[C@@]1(Oc1ccc(C(F)(F)F)cc1)C(=O)N1CCN(c2cccc3nn[nH]c23)CC1. The van der Waals surface area contributed by atoms with Crippen LogP contribution in [0.3, 0.4) is 0 Å². The van der Waals surface area contributed by atoms with Gasteiger partial charge >= 0.3 is 12.4 Å². The van der Waals surface area contributed by atoms with Gasteiger partial charge in [0.2, 0.25) is 5.60 Å².